The van der Waals surface area contributed by atoms with E-state index < -0.39 is 0 Å². The largest absolute Gasteiger partial charge is 0.354 e. The number of benzene rings is 1. The predicted octanol–water partition coefficient (Wildman–Crippen LogP) is 4.38. The fraction of sp³-hybridized carbons (Fsp3) is 0.444. The van der Waals surface area contributed by atoms with Crippen LogP contribution in [0.4, 0.5) is 0 Å². The van der Waals surface area contributed by atoms with Crippen LogP contribution in [0.25, 0.3) is 10.6 Å². The molecule has 2 atom stereocenters. The molecule has 1 aliphatic rings. The third-order valence-electron chi connectivity index (χ3n) is 4.29. The average molecular weight is 488 g/mol. The van der Waals surface area contributed by atoms with Crippen molar-refractivity contribution in [2.75, 3.05) is 13.3 Å². The van der Waals surface area contributed by atoms with Crippen molar-refractivity contribution >= 4 is 53.0 Å². The Bertz CT molecular complexity index is 675. The van der Waals surface area contributed by atoms with Crippen LogP contribution in [0.15, 0.2) is 40.7 Å². The van der Waals surface area contributed by atoms with Crippen LogP contribution in [0.3, 0.4) is 0 Å². The first-order valence-electron chi connectivity index (χ1n) is 8.28. The fourth-order valence-corrected chi connectivity index (χ4v) is 4.57. The Morgan fingerprint density at radius 1 is 1.32 bits per heavy atom. The molecule has 1 fully saturated rings. The zero-order valence-electron chi connectivity index (χ0n) is 14.6. The summed E-state index contributed by atoms with van der Waals surface area (Å²) in [5.41, 5.74) is 2.22. The molecular weight excluding hydrogens is 463 g/mol. The number of hydrogen-bond donors (Lipinski definition) is 2. The lowest BCUT2D eigenvalue weighted by atomic mass is 10.2. The van der Waals surface area contributed by atoms with E-state index in [9.17, 15) is 0 Å². The van der Waals surface area contributed by atoms with Crippen LogP contribution in [-0.2, 0) is 6.54 Å². The molecule has 0 amide bonds. The number of nitrogens with one attached hydrogen (secondary N) is 2. The van der Waals surface area contributed by atoms with Gasteiger partial charge in [-0.1, -0.05) is 30.3 Å². The van der Waals surface area contributed by atoms with Crippen molar-refractivity contribution in [3.63, 3.8) is 0 Å². The van der Waals surface area contributed by atoms with Gasteiger partial charge in [-0.05, 0) is 25.5 Å². The minimum atomic E-state index is 0. The molecule has 1 aromatic carbocycles. The summed E-state index contributed by atoms with van der Waals surface area (Å²) in [6.07, 6.45) is 5.94. The molecule has 0 spiro atoms. The second-order valence-electron chi connectivity index (χ2n) is 5.95. The van der Waals surface area contributed by atoms with Crippen molar-refractivity contribution in [2.24, 2.45) is 4.99 Å². The highest BCUT2D eigenvalue weighted by molar-refractivity contribution is 14.0. The fourth-order valence-electron chi connectivity index (χ4n) is 2.95. The molecule has 2 N–H and O–H groups in total. The summed E-state index contributed by atoms with van der Waals surface area (Å²) in [4.78, 5) is 9.06. The maximum Gasteiger partial charge on any atom is 0.191 e. The number of halogens is 1. The molecular formula is C18H25IN4S2. The van der Waals surface area contributed by atoms with Crippen LogP contribution in [0.5, 0.6) is 0 Å². The van der Waals surface area contributed by atoms with Gasteiger partial charge in [-0.3, -0.25) is 4.99 Å². The van der Waals surface area contributed by atoms with E-state index in [0.717, 1.165) is 21.9 Å². The summed E-state index contributed by atoms with van der Waals surface area (Å²) in [6.45, 7) is 0.696. The molecule has 0 aliphatic heterocycles. The smallest absolute Gasteiger partial charge is 0.191 e. The summed E-state index contributed by atoms with van der Waals surface area (Å²) in [7, 11) is 1.83. The Labute approximate surface area is 175 Å². The molecule has 1 aromatic heterocycles. The standard InChI is InChI=1S/C18H24N4S2.HI/c1-19-18(22-14-8-9-16(10-14)23-2)20-11-15-12-24-17(21-15)13-6-4-3-5-7-13;/h3-7,12,14,16H,8-11H2,1-2H3,(H2,19,20,22);1H. The highest BCUT2D eigenvalue weighted by atomic mass is 127. The third kappa shape index (κ3) is 5.86. The van der Waals surface area contributed by atoms with Crippen LogP contribution in [-0.4, -0.2) is 35.5 Å². The van der Waals surface area contributed by atoms with Gasteiger partial charge in [-0.25, -0.2) is 4.98 Å². The number of aromatic nitrogens is 1. The summed E-state index contributed by atoms with van der Waals surface area (Å²) in [5.74, 6) is 0.871. The molecule has 1 saturated carbocycles. The van der Waals surface area contributed by atoms with Crippen LogP contribution >= 0.6 is 47.1 Å². The predicted molar refractivity (Wildman–Crippen MR) is 121 cm³/mol. The Morgan fingerprint density at radius 3 is 2.80 bits per heavy atom. The Morgan fingerprint density at radius 2 is 2.12 bits per heavy atom. The zero-order chi connectivity index (χ0) is 16.8. The lowest BCUT2D eigenvalue weighted by Gasteiger charge is -2.16. The molecule has 0 bridgehead atoms. The maximum atomic E-state index is 4.71. The molecule has 2 unspecified atom stereocenters. The highest BCUT2D eigenvalue weighted by Gasteiger charge is 2.24. The Kier molecular flexibility index (Phi) is 8.51. The molecule has 1 aliphatic carbocycles. The first kappa shape index (κ1) is 20.5. The van der Waals surface area contributed by atoms with Gasteiger partial charge in [0.1, 0.15) is 5.01 Å². The van der Waals surface area contributed by atoms with E-state index in [0.29, 0.717) is 12.6 Å². The topological polar surface area (TPSA) is 49.3 Å². The van der Waals surface area contributed by atoms with E-state index in [2.05, 4.69) is 39.4 Å². The third-order valence-corrected chi connectivity index (χ3v) is 6.33. The Balaban J connectivity index is 0.00000225. The van der Waals surface area contributed by atoms with Crippen LogP contribution in [0.1, 0.15) is 25.0 Å². The minimum Gasteiger partial charge on any atom is -0.354 e. The van der Waals surface area contributed by atoms with Gasteiger partial charge in [0.2, 0.25) is 0 Å². The van der Waals surface area contributed by atoms with Crippen LogP contribution in [0.2, 0.25) is 0 Å². The zero-order valence-corrected chi connectivity index (χ0v) is 18.5. The second-order valence-corrected chi connectivity index (χ2v) is 7.94. The normalized spacial score (nSPS) is 20.2. The lowest BCUT2D eigenvalue weighted by Crippen LogP contribution is -2.42. The number of hydrogen-bond acceptors (Lipinski definition) is 4. The minimum absolute atomic E-state index is 0. The first-order valence-corrected chi connectivity index (χ1v) is 10.4. The summed E-state index contributed by atoms with van der Waals surface area (Å²) >= 11 is 3.66. The van der Waals surface area contributed by atoms with Gasteiger partial charge in [0.05, 0.1) is 12.2 Å². The van der Waals surface area contributed by atoms with E-state index in [1.54, 1.807) is 11.3 Å². The average Bonchev–Trinajstić information content (AvgIpc) is 3.28. The van der Waals surface area contributed by atoms with Crippen molar-refractivity contribution in [3.8, 4) is 10.6 Å². The maximum absolute atomic E-state index is 4.71. The van der Waals surface area contributed by atoms with Gasteiger partial charge in [0, 0.05) is 29.3 Å². The van der Waals surface area contributed by atoms with Crippen molar-refractivity contribution in [1.29, 1.82) is 0 Å². The molecule has 4 nitrogen and oxygen atoms in total. The van der Waals surface area contributed by atoms with E-state index >= 15 is 0 Å². The van der Waals surface area contributed by atoms with Crippen LogP contribution < -0.4 is 10.6 Å². The van der Waals surface area contributed by atoms with Crippen molar-refractivity contribution in [3.05, 3.63) is 41.4 Å². The van der Waals surface area contributed by atoms with E-state index in [1.807, 2.05) is 37.0 Å². The molecule has 25 heavy (non-hydrogen) atoms. The summed E-state index contributed by atoms with van der Waals surface area (Å²) < 4.78 is 0. The number of guanidine groups is 1. The molecule has 0 saturated heterocycles. The van der Waals surface area contributed by atoms with E-state index in [-0.39, 0.29) is 24.0 Å². The number of rotatable bonds is 5. The van der Waals surface area contributed by atoms with Gasteiger partial charge < -0.3 is 10.6 Å². The number of thioether (sulfide) groups is 1. The molecule has 136 valence electrons. The van der Waals surface area contributed by atoms with Crippen LogP contribution in [0, 0.1) is 0 Å². The van der Waals surface area contributed by atoms with E-state index in [4.69, 9.17) is 4.98 Å². The molecule has 3 rings (SSSR count). The van der Waals surface area contributed by atoms with Gasteiger partial charge >= 0.3 is 0 Å². The number of nitrogens with zero attached hydrogens (tertiary/aromatic N) is 2. The number of thiazole rings is 1. The van der Waals surface area contributed by atoms with Gasteiger partial charge in [0.15, 0.2) is 5.96 Å². The number of aliphatic imine (C=N–C) groups is 1. The van der Waals surface area contributed by atoms with Crippen molar-refractivity contribution in [1.82, 2.24) is 15.6 Å². The second kappa shape index (κ2) is 10.4. The molecule has 2 aromatic rings. The monoisotopic (exact) mass is 488 g/mol. The van der Waals surface area contributed by atoms with Gasteiger partial charge in [-0.2, -0.15) is 11.8 Å². The van der Waals surface area contributed by atoms with E-state index in [1.165, 1.54) is 24.8 Å². The quantitative estimate of drug-likeness (QED) is 0.373. The van der Waals surface area contributed by atoms with Gasteiger partial charge in [-0.15, -0.1) is 35.3 Å². The molecule has 0 radical (unpaired) electrons. The molecule has 1 heterocycles. The summed E-state index contributed by atoms with van der Waals surface area (Å²) in [6, 6.07) is 10.8. The van der Waals surface area contributed by atoms with Gasteiger partial charge in [0.25, 0.3) is 0 Å². The molecule has 7 heteroatoms. The van der Waals surface area contributed by atoms with Crippen molar-refractivity contribution < 1.29 is 0 Å². The first-order chi connectivity index (χ1) is 11.8. The lowest BCUT2D eigenvalue weighted by molar-refractivity contribution is 0.614. The highest BCUT2D eigenvalue weighted by Crippen LogP contribution is 2.28. The summed E-state index contributed by atoms with van der Waals surface area (Å²) in [5, 5.41) is 10.9. The Hall–Kier alpha value is -0.800. The SMILES string of the molecule is CN=C(NCc1csc(-c2ccccc2)n1)NC1CCC(SC)C1.I. The van der Waals surface area contributed by atoms with Crippen molar-refractivity contribution in [2.45, 2.75) is 37.1 Å².